The molecule has 1 amide bonds. The Morgan fingerprint density at radius 3 is 2.95 bits per heavy atom. The van der Waals surface area contributed by atoms with E-state index in [0.717, 1.165) is 35.0 Å². The van der Waals surface area contributed by atoms with Gasteiger partial charge in [0.1, 0.15) is 6.61 Å². The Labute approximate surface area is 124 Å². The molecule has 4 nitrogen and oxygen atoms in total. The maximum atomic E-state index is 12.6. The van der Waals surface area contributed by atoms with Gasteiger partial charge in [-0.15, -0.1) is 11.3 Å². The van der Waals surface area contributed by atoms with Crippen LogP contribution in [-0.2, 0) is 0 Å². The van der Waals surface area contributed by atoms with Crippen molar-refractivity contribution in [3.63, 3.8) is 0 Å². The first-order valence-electron chi connectivity index (χ1n) is 6.72. The van der Waals surface area contributed by atoms with E-state index in [1.807, 2.05) is 17.9 Å². The molecule has 0 aromatic carbocycles. The third-order valence-electron chi connectivity index (χ3n) is 3.50. The molecule has 0 bridgehead atoms. The predicted octanol–water partition coefficient (Wildman–Crippen LogP) is 1.18. The van der Waals surface area contributed by atoms with E-state index in [9.17, 15) is 4.79 Å². The Bertz CT molecular complexity index is 556. The Hall–Kier alpha value is -1.35. The van der Waals surface area contributed by atoms with E-state index >= 15 is 0 Å². The molecule has 1 unspecified atom stereocenters. The van der Waals surface area contributed by atoms with Gasteiger partial charge in [-0.25, -0.2) is 0 Å². The maximum Gasteiger partial charge on any atom is 0.264 e. The molecule has 108 valence electrons. The van der Waals surface area contributed by atoms with Crippen LogP contribution in [0.25, 0.3) is 0 Å². The fourth-order valence-electron chi connectivity index (χ4n) is 2.41. The van der Waals surface area contributed by atoms with Crippen molar-refractivity contribution in [2.45, 2.75) is 19.9 Å². The summed E-state index contributed by atoms with van der Waals surface area (Å²) in [5, 5.41) is 8.75. The van der Waals surface area contributed by atoms with Gasteiger partial charge in [-0.1, -0.05) is 11.8 Å². The first-order valence-corrected chi connectivity index (χ1v) is 7.54. The van der Waals surface area contributed by atoms with E-state index in [1.54, 1.807) is 0 Å². The second-order valence-electron chi connectivity index (χ2n) is 5.19. The molecule has 0 radical (unpaired) electrons. The molecule has 1 fully saturated rings. The smallest absolute Gasteiger partial charge is 0.264 e. The van der Waals surface area contributed by atoms with Gasteiger partial charge < -0.3 is 14.9 Å². The van der Waals surface area contributed by atoms with Crippen LogP contribution in [-0.4, -0.2) is 60.1 Å². The van der Waals surface area contributed by atoms with Crippen LogP contribution in [0.1, 0.15) is 27.0 Å². The fourth-order valence-corrected chi connectivity index (χ4v) is 3.42. The summed E-state index contributed by atoms with van der Waals surface area (Å²) >= 11 is 1.41. The summed E-state index contributed by atoms with van der Waals surface area (Å²) in [6, 6.07) is 2.13. The average Bonchev–Trinajstić information content (AvgIpc) is 2.77. The summed E-state index contributed by atoms with van der Waals surface area (Å²) < 4.78 is 0. The molecule has 0 spiro atoms. The second kappa shape index (κ2) is 6.40. The number of carbonyl (C=O) groups excluding carboxylic acids is 1. The number of hydrogen-bond acceptors (Lipinski definition) is 4. The van der Waals surface area contributed by atoms with E-state index in [0.29, 0.717) is 0 Å². The minimum absolute atomic E-state index is 0.0933. The molecule has 20 heavy (non-hydrogen) atoms. The molecule has 1 N–H and O–H groups in total. The number of aryl methyl sites for hydroxylation is 1. The van der Waals surface area contributed by atoms with Gasteiger partial charge in [0.25, 0.3) is 5.91 Å². The highest BCUT2D eigenvalue weighted by Crippen LogP contribution is 2.24. The number of hydrogen-bond donors (Lipinski definition) is 1. The molecule has 0 aliphatic carbocycles. The topological polar surface area (TPSA) is 43.8 Å². The first kappa shape index (κ1) is 15.0. The molecule has 1 aliphatic heterocycles. The van der Waals surface area contributed by atoms with Crippen molar-refractivity contribution in [3.8, 4) is 11.8 Å². The summed E-state index contributed by atoms with van der Waals surface area (Å²) in [5.41, 5.74) is 1.00. The molecule has 0 saturated carbocycles. The van der Waals surface area contributed by atoms with Crippen LogP contribution in [0, 0.1) is 18.8 Å². The van der Waals surface area contributed by atoms with Gasteiger partial charge in [-0.05, 0) is 32.5 Å². The molecule has 5 heteroatoms. The number of aliphatic hydroxyl groups is 1. The van der Waals surface area contributed by atoms with Crippen LogP contribution in [0.4, 0.5) is 0 Å². The van der Waals surface area contributed by atoms with Crippen molar-refractivity contribution < 1.29 is 9.90 Å². The summed E-state index contributed by atoms with van der Waals surface area (Å²) in [4.78, 5) is 18.4. The van der Waals surface area contributed by atoms with Crippen molar-refractivity contribution in [1.29, 1.82) is 0 Å². The highest BCUT2D eigenvalue weighted by molar-refractivity contribution is 7.14. The van der Waals surface area contributed by atoms with Crippen molar-refractivity contribution in [1.82, 2.24) is 9.80 Å². The standard InChI is InChI=1S/C15H20N2O2S/c1-11-9-14(20-13(11)5-4-8-18)15(19)17-7-6-16(3)10-12(17)2/h9,12,18H,6-8,10H2,1-3H3. The van der Waals surface area contributed by atoms with Gasteiger partial charge in [0, 0.05) is 25.7 Å². The molecule has 1 aliphatic rings. The Kier molecular flexibility index (Phi) is 4.81. The predicted molar refractivity (Wildman–Crippen MR) is 81.0 cm³/mol. The lowest BCUT2D eigenvalue weighted by Gasteiger charge is -2.38. The van der Waals surface area contributed by atoms with Gasteiger partial charge >= 0.3 is 0 Å². The third-order valence-corrected chi connectivity index (χ3v) is 4.64. The highest BCUT2D eigenvalue weighted by atomic mass is 32.1. The average molecular weight is 292 g/mol. The number of nitrogens with zero attached hydrogens (tertiary/aromatic N) is 2. The van der Waals surface area contributed by atoms with E-state index in [-0.39, 0.29) is 18.6 Å². The van der Waals surface area contributed by atoms with Crippen molar-refractivity contribution in [3.05, 3.63) is 21.4 Å². The minimum Gasteiger partial charge on any atom is -0.384 e. The first-order chi connectivity index (χ1) is 9.52. The van der Waals surface area contributed by atoms with E-state index in [2.05, 4.69) is 30.7 Å². The van der Waals surface area contributed by atoms with E-state index < -0.39 is 0 Å². The van der Waals surface area contributed by atoms with Gasteiger partial charge in [-0.3, -0.25) is 4.79 Å². The molecule has 1 aromatic heterocycles. The van der Waals surface area contributed by atoms with Gasteiger partial charge in [-0.2, -0.15) is 0 Å². The molecule has 2 heterocycles. The molecular weight excluding hydrogens is 272 g/mol. The fraction of sp³-hybridized carbons (Fsp3) is 0.533. The van der Waals surface area contributed by atoms with E-state index in [1.165, 1.54) is 11.3 Å². The van der Waals surface area contributed by atoms with Crippen LogP contribution in [0.3, 0.4) is 0 Å². The number of thiophene rings is 1. The lowest BCUT2D eigenvalue weighted by Crippen LogP contribution is -2.52. The SMILES string of the molecule is Cc1cc(C(=O)N2CCN(C)CC2C)sc1C#CCO. The largest absolute Gasteiger partial charge is 0.384 e. The Morgan fingerprint density at radius 2 is 2.30 bits per heavy atom. The van der Waals surface area contributed by atoms with Gasteiger partial charge in [0.15, 0.2) is 0 Å². The number of carbonyl (C=O) groups is 1. The molecule has 1 atom stereocenters. The Balaban J connectivity index is 2.17. The lowest BCUT2D eigenvalue weighted by molar-refractivity contribution is 0.0538. The van der Waals surface area contributed by atoms with Crippen molar-refractivity contribution >= 4 is 17.2 Å². The number of piperazine rings is 1. The van der Waals surface area contributed by atoms with Crippen LogP contribution >= 0.6 is 11.3 Å². The van der Waals surface area contributed by atoms with Crippen LogP contribution < -0.4 is 0 Å². The summed E-state index contributed by atoms with van der Waals surface area (Å²) in [5.74, 6) is 5.63. The quantitative estimate of drug-likeness (QED) is 0.791. The zero-order chi connectivity index (χ0) is 14.7. The third kappa shape index (κ3) is 3.21. The zero-order valence-electron chi connectivity index (χ0n) is 12.1. The number of rotatable bonds is 1. The number of aliphatic hydroxyl groups excluding tert-OH is 1. The molecule has 1 saturated heterocycles. The summed E-state index contributed by atoms with van der Waals surface area (Å²) in [6.07, 6.45) is 0. The molecule has 2 rings (SSSR count). The maximum absolute atomic E-state index is 12.6. The van der Waals surface area contributed by atoms with Crippen LogP contribution in [0.15, 0.2) is 6.07 Å². The van der Waals surface area contributed by atoms with Crippen molar-refractivity contribution in [2.24, 2.45) is 0 Å². The number of likely N-dealkylation sites (N-methyl/N-ethyl adjacent to an activating group) is 1. The van der Waals surface area contributed by atoms with Crippen LogP contribution in [0.2, 0.25) is 0 Å². The Morgan fingerprint density at radius 1 is 1.55 bits per heavy atom. The summed E-state index contributed by atoms with van der Waals surface area (Å²) in [6.45, 7) is 6.47. The molecule has 1 aromatic rings. The van der Waals surface area contributed by atoms with Gasteiger partial charge in [0.2, 0.25) is 0 Å². The highest BCUT2D eigenvalue weighted by Gasteiger charge is 2.27. The van der Waals surface area contributed by atoms with Crippen LogP contribution in [0.5, 0.6) is 0 Å². The number of amides is 1. The normalized spacial score (nSPS) is 19.6. The van der Waals surface area contributed by atoms with E-state index in [4.69, 9.17) is 5.11 Å². The second-order valence-corrected chi connectivity index (χ2v) is 6.24. The minimum atomic E-state index is -0.157. The molecular formula is C15H20N2O2S. The summed E-state index contributed by atoms with van der Waals surface area (Å²) in [7, 11) is 2.08. The monoisotopic (exact) mass is 292 g/mol. The zero-order valence-corrected chi connectivity index (χ0v) is 13.0. The lowest BCUT2D eigenvalue weighted by atomic mass is 10.2. The van der Waals surface area contributed by atoms with Gasteiger partial charge in [0.05, 0.1) is 9.75 Å². The van der Waals surface area contributed by atoms with Crippen molar-refractivity contribution in [2.75, 3.05) is 33.3 Å².